The Bertz CT molecular complexity index is 399. The molecule has 98 valence electrons. The van der Waals surface area contributed by atoms with Gasteiger partial charge in [0.25, 0.3) is 0 Å². The summed E-state index contributed by atoms with van der Waals surface area (Å²) in [5.74, 6) is 2.89. The summed E-state index contributed by atoms with van der Waals surface area (Å²) in [6, 6.07) is 10.7. The van der Waals surface area contributed by atoms with Gasteiger partial charge in [-0.25, -0.2) is 0 Å². The Labute approximate surface area is 111 Å². The van der Waals surface area contributed by atoms with Crippen molar-refractivity contribution in [2.24, 2.45) is 23.5 Å². The Morgan fingerprint density at radius 2 is 1.94 bits per heavy atom. The van der Waals surface area contributed by atoms with E-state index >= 15 is 0 Å². The van der Waals surface area contributed by atoms with Gasteiger partial charge >= 0.3 is 0 Å². The SMILES string of the molecule is CCC(N)(CC1CC2CCC1C2)c1ccccc1. The maximum absolute atomic E-state index is 6.73. The van der Waals surface area contributed by atoms with Crippen molar-refractivity contribution in [3.63, 3.8) is 0 Å². The maximum Gasteiger partial charge on any atom is 0.0409 e. The molecule has 2 fully saturated rings. The van der Waals surface area contributed by atoms with Gasteiger partial charge in [0, 0.05) is 5.54 Å². The highest BCUT2D eigenvalue weighted by Gasteiger charge is 2.42. The third-order valence-electron chi connectivity index (χ3n) is 5.49. The normalized spacial score (nSPS) is 33.6. The minimum Gasteiger partial charge on any atom is -0.321 e. The second-order valence-corrected chi connectivity index (χ2v) is 6.51. The van der Waals surface area contributed by atoms with Crippen molar-refractivity contribution in [1.82, 2.24) is 0 Å². The second-order valence-electron chi connectivity index (χ2n) is 6.51. The molecular weight excluding hydrogens is 218 g/mol. The molecule has 2 saturated carbocycles. The van der Waals surface area contributed by atoms with Crippen molar-refractivity contribution in [1.29, 1.82) is 0 Å². The lowest BCUT2D eigenvalue weighted by Gasteiger charge is -2.34. The zero-order chi connectivity index (χ0) is 12.6. The molecule has 0 heterocycles. The van der Waals surface area contributed by atoms with Gasteiger partial charge in [-0.05, 0) is 55.4 Å². The summed E-state index contributed by atoms with van der Waals surface area (Å²) in [5, 5.41) is 0. The largest absolute Gasteiger partial charge is 0.321 e. The van der Waals surface area contributed by atoms with Crippen molar-refractivity contribution in [2.45, 2.75) is 51.0 Å². The first-order chi connectivity index (χ1) is 8.71. The number of benzene rings is 1. The molecule has 1 aromatic carbocycles. The molecule has 2 bridgehead atoms. The van der Waals surface area contributed by atoms with E-state index in [1.165, 1.54) is 37.7 Å². The van der Waals surface area contributed by atoms with E-state index < -0.39 is 0 Å². The van der Waals surface area contributed by atoms with E-state index in [0.29, 0.717) is 0 Å². The molecule has 3 rings (SSSR count). The first-order valence-corrected chi connectivity index (χ1v) is 7.55. The van der Waals surface area contributed by atoms with Crippen molar-refractivity contribution < 1.29 is 0 Å². The molecule has 2 aliphatic rings. The van der Waals surface area contributed by atoms with Crippen LogP contribution in [-0.4, -0.2) is 0 Å². The Balaban J connectivity index is 1.76. The molecule has 0 aliphatic heterocycles. The minimum absolute atomic E-state index is 0.101. The van der Waals surface area contributed by atoms with Crippen molar-refractivity contribution >= 4 is 0 Å². The van der Waals surface area contributed by atoms with Gasteiger partial charge in [-0.1, -0.05) is 43.7 Å². The summed E-state index contributed by atoms with van der Waals surface area (Å²) in [6.07, 6.45) is 8.11. The Morgan fingerprint density at radius 1 is 1.17 bits per heavy atom. The Kier molecular flexibility index (Phi) is 3.19. The molecule has 1 aromatic rings. The highest BCUT2D eigenvalue weighted by Crippen LogP contribution is 2.51. The van der Waals surface area contributed by atoms with Gasteiger partial charge in [0.05, 0.1) is 0 Å². The van der Waals surface area contributed by atoms with E-state index in [-0.39, 0.29) is 5.54 Å². The smallest absolute Gasteiger partial charge is 0.0409 e. The average molecular weight is 243 g/mol. The molecule has 0 saturated heterocycles. The van der Waals surface area contributed by atoms with Gasteiger partial charge < -0.3 is 5.73 Å². The van der Waals surface area contributed by atoms with Gasteiger partial charge in [0.1, 0.15) is 0 Å². The quantitative estimate of drug-likeness (QED) is 0.847. The predicted octanol–water partition coefficient (Wildman–Crippen LogP) is 4.08. The van der Waals surface area contributed by atoms with E-state index in [0.717, 1.165) is 24.2 Å². The van der Waals surface area contributed by atoms with Gasteiger partial charge in [-0.15, -0.1) is 0 Å². The van der Waals surface area contributed by atoms with Crippen LogP contribution in [0.1, 0.15) is 51.0 Å². The Morgan fingerprint density at radius 3 is 2.50 bits per heavy atom. The molecular formula is C17H25N. The third-order valence-corrected chi connectivity index (χ3v) is 5.49. The number of rotatable bonds is 4. The van der Waals surface area contributed by atoms with Gasteiger partial charge in [0.2, 0.25) is 0 Å². The van der Waals surface area contributed by atoms with Crippen LogP contribution in [-0.2, 0) is 5.54 Å². The highest BCUT2D eigenvalue weighted by atomic mass is 14.7. The van der Waals surface area contributed by atoms with Gasteiger partial charge in [-0.2, -0.15) is 0 Å². The molecule has 0 spiro atoms. The number of hydrogen-bond acceptors (Lipinski definition) is 1. The minimum atomic E-state index is -0.101. The molecule has 2 aliphatic carbocycles. The fourth-order valence-corrected chi connectivity index (χ4v) is 4.33. The van der Waals surface area contributed by atoms with E-state index in [2.05, 4.69) is 37.3 Å². The van der Waals surface area contributed by atoms with Crippen LogP contribution in [0.25, 0.3) is 0 Å². The fourth-order valence-electron chi connectivity index (χ4n) is 4.33. The summed E-state index contributed by atoms with van der Waals surface area (Å²) in [7, 11) is 0. The summed E-state index contributed by atoms with van der Waals surface area (Å²) < 4.78 is 0. The van der Waals surface area contributed by atoms with E-state index in [1.807, 2.05) is 0 Å². The van der Waals surface area contributed by atoms with Crippen LogP contribution in [0.15, 0.2) is 30.3 Å². The standard InChI is InChI=1S/C17H25N/c1-2-17(18,16-6-4-3-5-7-16)12-15-11-13-8-9-14(15)10-13/h3-7,13-15H,2,8-12,18H2,1H3. The molecule has 18 heavy (non-hydrogen) atoms. The first-order valence-electron chi connectivity index (χ1n) is 7.55. The van der Waals surface area contributed by atoms with Crippen molar-refractivity contribution in [3.8, 4) is 0 Å². The average Bonchev–Trinajstić information content (AvgIpc) is 3.02. The van der Waals surface area contributed by atoms with Crippen LogP contribution in [0.5, 0.6) is 0 Å². The lowest BCUT2D eigenvalue weighted by Crippen LogP contribution is -2.39. The molecule has 4 atom stereocenters. The fraction of sp³-hybridized carbons (Fsp3) is 0.647. The molecule has 0 amide bonds. The first kappa shape index (κ1) is 12.2. The van der Waals surface area contributed by atoms with Gasteiger partial charge in [0.15, 0.2) is 0 Å². The number of nitrogens with two attached hydrogens (primary N) is 1. The van der Waals surface area contributed by atoms with E-state index in [1.54, 1.807) is 0 Å². The maximum atomic E-state index is 6.73. The van der Waals surface area contributed by atoms with E-state index in [9.17, 15) is 0 Å². The Hall–Kier alpha value is -0.820. The zero-order valence-corrected chi connectivity index (χ0v) is 11.4. The van der Waals surface area contributed by atoms with Gasteiger partial charge in [-0.3, -0.25) is 0 Å². The lowest BCUT2D eigenvalue weighted by atomic mass is 9.75. The summed E-state index contributed by atoms with van der Waals surface area (Å²) in [5.41, 5.74) is 7.96. The second kappa shape index (κ2) is 4.70. The predicted molar refractivity (Wildman–Crippen MR) is 76.2 cm³/mol. The van der Waals surface area contributed by atoms with E-state index in [4.69, 9.17) is 5.73 Å². The van der Waals surface area contributed by atoms with Crippen molar-refractivity contribution in [2.75, 3.05) is 0 Å². The molecule has 2 N–H and O–H groups in total. The summed E-state index contributed by atoms with van der Waals surface area (Å²) in [4.78, 5) is 0. The number of hydrogen-bond donors (Lipinski definition) is 1. The molecule has 0 aromatic heterocycles. The summed E-state index contributed by atoms with van der Waals surface area (Å²) in [6.45, 7) is 2.24. The summed E-state index contributed by atoms with van der Waals surface area (Å²) >= 11 is 0. The molecule has 1 heteroatoms. The monoisotopic (exact) mass is 243 g/mol. The van der Waals surface area contributed by atoms with Crippen LogP contribution in [0.3, 0.4) is 0 Å². The topological polar surface area (TPSA) is 26.0 Å². The van der Waals surface area contributed by atoms with Crippen LogP contribution >= 0.6 is 0 Å². The highest BCUT2D eigenvalue weighted by molar-refractivity contribution is 5.24. The van der Waals surface area contributed by atoms with Crippen LogP contribution in [0, 0.1) is 17.8 Å². The third kappa shape index (κ3) is 2.09. The number of fused-ring (bicyclic) bond motifs is 2. The van der Waals surface area contributed by atoms with Crippen LogP contribution in [0.4, 0.5) is 0 Å². The molecule has 1 nitrogen and oxygen atoms in total. The van der Waals surface area contributed by atoms with Crippen LogP contribution < -0.4 is 5.73 Å². The van der Waals surface area contributed by atoms with Crippen LogP contribution in [0.2, 0.25) is 0 Å². The van der Waals surface area contributed by atoms with Crippen molar-refractivity contribution in [3.05, 3.63) is 35.9 Å². The molecule has 4 unspecified atom stereocenters. The lowest BCUT2D eigenvalue weighted by molar-refractivity contribution is 0.236. The zero-order valence-electron chi connectivity index (χ0n) is 11.4. The molecule has 0 radical (unpaired) electrons.